The highest BCUT2D eigenvalue weighted by molar-refractivity contribution is 7.25. The van der Waals surface area contributed by atoms with Crippen LogP contribution in [0.1, 0.15) is 25.0 Å². The van der Waals surface area contributed by atoms with Gasteiger partial charge in [0.1, 0.15) is 11.2 Å². The normalized spacial score (nSPS) is 13.1. The molecular weight excluding hydrogens is 739 g/mol. The largest absolute Gasteiger partial charge is 0.456 e. The van der Waals surface area contributed by atoms with Crippen molar-refractivity contribution >= 4 is 53.4 Å². The number of benzene rings is 8. The summed E-state index contributed by atoms with van der Waals surface area (Å²) in [6.07, 6.45) is 0. The summed E-state index contributed by atoms with van der Waals surface area (Å²) >= 11 is 1.81. The molecule has 0 unspecified atom stereocenters. The molecule has 0 bridgehead atoms. The molecule has 0 saturated heterocycles. The lowest BCUT2D eigenvalue weighted by molar-refractivity contribution is 0.660. The highest BCUT2D eigenvalue weighted by Gasteiger charge is 2.35. The molecule has 0 aliphatic heterocycles. The summed E-state index contributed by atoms with van der Waals surface area (Å²) < 4.78 is 9.05. The third-order valence-electron chi connectivity index (χ3n) is 12.2. The zero-order valence-corrected chi connectivity index (χ0v) is 33.2. The summed E-state index contributed by atoms with van der Waals surface area (Å²) in [6, 6.07) is 62.5. The van der Waals surface area contributed by atoms with Crippen LogP contribution in [0, 0.1) is 0 Å². The van der Waals surface area contributed by atoms with Gasteiger partial charge in [-0.05, 0) is 93.0 Å². The third-order valence-corrected chi connectivity index (χ3v) is 13.3. The van der Waals surface area contributed by atoms with Crippen molar-refractivity contribution in [2.45, 2.75) is 19.3 Å². The van der Waals surface area contributed by atoms with Gasteiger partial charge in [-0.3, -0.25) is 0 Å². The van der Waals surface area contributed by atoms with Gasteiger partial charge in [-0.1, -0.05) is 141 Å². The predicted molar refractivity (Wildman–Crippen MR) is 245 cm³/mol. The van der Waals surface area contributed by atoms with Gasteiger partial charge in [0.25, 0.3) is 0 Å². The van der Waals surface area contributed by atoms with E-state index in [2.05, 4.69) is 172 Å². The molecule has 59 heavy (non-hydrogen) atoms. The molecule has 3 heterocycles. The Morgan fingerprint density at radius 2 is 1.00 bits per heavy atom. The van der Waals surface area contributed by atoms with Crippen molar-refractivity contribution in [1.29, 1.82) is 0 Å². The molecule has 278 valence electrons. The van der Waals surface area contributed by atoms with Gasteiger partial charge in [0.05, 0.1) is 0 Å². The number of nitrogens with zero attached hydrogens (tertiary/aromatic N) is 3. The lowest BCUT2D eigenvalue weighted by Gasteiger charge is -2.22. The molecule has 0 atom stereocenters. The van der Waals surface area contributed by atoms with E-state index >= 15 is 0 Å². The number of aromatic nitrogens is 3. The number of hydrogen-bond donors (Lipinski definition) is 0. The quantitative estimate of drug-likeness (QED) is 0.175. The van der Waals surface area contributed by atoms with Crippen molar-refractivity contribution in [3.05, 3.63) is 187 Å². The van der Waals surface area contributed by atoms with Crippen LogP contribution in [0.2, 0.25) is 0 Å². The topological polar surface area (TPSA) is 51.8 Å². The Kier molecular flexibility index (Phi) is 7.41. The predicted octanol–water partition coefficient (Wildman–Crippen LogP) is 14.8. The molecule has 5 heteroatoms. The Bertz CT molecular complexity index is 3470. The van der Waals surface area contributed by atoms with Crippen LogP contribution < -0.4 is 0 Å². The van der Waals surface area contributed by atoms with Crippen LogP contribution in [0.3, 0.4) is 0 Å². The molecule has 0 N–H and O–H groups in total. The fraction of sp³-hybridized carbons (Fsp3) is 0.0556. The number of fused-ring (bicyclic) bond motifs is 9. The molecule has 0 saturated carbocycles. The third kappa shape index (κ3) is 5.39. The van der Waals surface area contributed by atoms with Crippen LogP contribution in [-0.2, 0) is 5.41 Å². The monoisotopic (exact) mass is 773 g/mol. The molecule has 1 aliphatic rings. The molecule has 0 spiro atoms. The first-order chi connectivity index (χ1) is 29.0. The standard InChI is InChI=1S/C54H35N3OS/c1-54(2)44-16-8-6-13-38(44)39-26-23-36(31-45(39)54)35-24-27-46-43(29-35)50-41(15-10-17-47(50)58-46)53-56-51(34-21-19-33(20-22-34)32-11-4-3-5-12-32)55-52(57-53)37-25-28-49-42(30-37)40-14-7-9-18-48(40)59-49/h3-31H,1-2H3. The Morgan fingerprint density at radius 1 is 0.390 bits per heavy atom. The van der Waals surface area contributed by atoms with Gasteiger partial charge in [0, 0.05) is 53.1 Å². The summed E-state index contributed by atoms with van der Waals surface area (Å²) in [5.74, 6) is 1.84. The fourth-order valence-corrected chi connectivity index (χ4v) is 10.2. The number of furan rings is 1. The van der Waals surface area contributed by atoms with Crippen LogP contribution in [0.4, 0.5) is 0 Å². The molecule has 1 aliphatic carbocycles. The minimum atomic E-state index is -0.0848. The summed E-state index contributed by atoms with van der Waals surface area (Å²) in [5.41, 5.74) is 14.3. The van der Waals surface area contributed by atoms with E-state index in [0.29, 0.717) is 17.5 Å². The second kappa shape index (κ2) is 12.9. The van der Waals surface area contributed by atoms with Gasteiger partial charge in [0.2, 0.25) is 0 Å². The average Bonchev–Trinajstić information content (AvgIpc) is 3.93. The fourth-order valence-electron chi connectivity index (χ4n) is 9.14. The van der Waals surface area contributed by atoms with E-state index in [1.54, 1.807) is 0 Å². The molecule has 4 nitrogen and oxygen atoms in total. The van der Waals surface area contributed by atoms with Crippen LogP contribution in [0.25, 0.3) is 110 Å². The van der Waals surface area contributed by atoms with Crippen molar-refractivity contribution in [1.82, 2.24) is 15.0 Å². The van der Waals surface area contributed by atoms with E-state index in [1.807, 2.05) is 29.5 Å². The van der Waals surface area contributed by atoms with Crippen LogP contribution in [-0.4, -0.2) is 15.0 Å². The minimum Gasteiger partial charge on any atom is -0.456 e. The van der Waals surface area contributed by atoms with Crippen LogP contribution >= 0.6 is 11.3 Å². The SMILES string of the molecule is CC1(C)c2ccccc2-c2ccc(-c3ccc4oc5cccc(-c6nc(-c7ccc(-c8ccccc8)cc7)nc(-c7ccc8sc9ccccc9c8c7)n6)c5c4c3)cc21. The van der Waals surface area contributed by atoms with E-state index < -0.39 is 0 Å². The molecule has 0 fully saturated rings. The maximum Gasteiger partial charge on any atom is 0.164 e. The summed E-state index contributed by atoms with van der Waals surface area (Å²) in [6.45, 7) is 4.66. The van der Waals surface area contributed by atoms with Gasteiger partial charge in [-0.15, -0.1) is 11.3 Å². The first-order valence-electron chi connectivity index (χ1n) is 20.0. The summed E-state index contributed by atoms with van der Waals surface area (Å²) in [7, 11) is 0. The van der Waals surface area contributed by atoms with Gasteiger partial charge in [0.15, 0.2) is 17.5 Å². The first kappa shape index (κ1) is 33.9. The summed E-state index contributed by atoms with van der Waals surface area (Å²) in [4.78, 5) is 15.7. The van der Waals surface area contributed by atoms with Gasteiger partial charge < -0.3 is 4.42 Å². The van der Waals surface area contributed by atoms with E-state index in [-0.39, 0.29) is 5.41 Å². The van der Waals surface area contributed by atoms with Crippen molar-refractivity contribution < 1.29 is 4.42 Å². The van der Waals surface area contributed by atoms with E-state index in [9.17, 15) is 0 Å². The van der Waals surface area contributed by atoms with Gasteiger partial charge in [-0.2, -0.15) is 0 Å². The number of rotatable bonds is 5. The van der Waals surface area contributed by atoms with Crippen molar-refractivity contribution in [3.8, 4) is 67.5 Å². The molecule has 11 aromatic rings. The van der Waals surface area contributed by atoms with Gasteiger partial charge in [-0.25, -0.2) is 15.0 Å². The molecule has 3 aromatic heterocycles. The van der Waals surface area contributed by atoms with Crippen molar-refractivity contribution in [3.63, 3.8) is 0 Å². The number of hydrogen-bond acceptors (Lipinski definition) is 5. The number of thiophene rings is 1. The Labute approximate surface area is 345 Å². The van der Waals surface area contributed by atoms with Crippen LogP contribution in [0.5, 0.6) is 0 Å². The van der Waals surface area contributed by atoms with E-state index in [4.69, 9.17) is 19.4 Å². The van der Waals surface area contributed by atoms with E-state index in [1.165, 1.54) is 53.6 Å². The Balaban J connectivity index is 1.03. The summed E-state index contributed by atoms with van der Waals surface area (Å²) in [5, 5.41) is 4.45. The van der Waals surface area contributed by atoms with E-state index in [0.717, 1.165) is 49.8 Å². The smallest absolute Gasteiger partial charge is 0.164 e. The minimum absolute atomic E-state index is 0.0848. The first-order valence-corrected chi connectivity index (χ1v) is 20.8. The molecule has 0 radical (unpaired) electrons. The Hall–Kier alpha value is -7.21. The maximum absolute atomic E-state index is 6.55. The second-order valence-electron chi connectivity index (χ2n) is 16.0. The molecular formula is C54H35N3OS. The van der Waals surface area contributed by atoms with Gasteiger partial charge >= 0.3 is 0 Å². The highest BCUT2D eigenvalue weighted by atomic mass is 32.1. The molecule has 12 rings (SSSR count). The Morgan fingerprint density at radius 3 is 1.88 bits per heavy atom. The zero-order valence-electron chi connectivity index (χ0n) is 32.4. The second-order valence-corrected chi connectivity index (χ2v) is 17.1. The average molecular weight is 774 g/mol. The molecule has 0 amide bonds. The highest BCUT2D eigenvalue weighted by Crippen LogP contribution is 2.50. The zero-order chi connectivity index (χ0) is 39.2. The van der Waals surface area contributed by atoms with Crippen LogP contribution in [0.15, 0.2) is 180 Å². The lowest BCUT2D eigenvalue weighted by atomic mass is 9.81. The lowest BCUT2D eigenvalue weighted by Crippen LogP contribution is -2.14. The maximum atomic E-state index is 6.55. The van der Waals surface area contributed by atoms with Crippen molar-refractivity contribution in [2.24, 2.45) is 0 Å². The molecule has 8 aromatic carbocycles. The van der Waals surface area contributed by atoms with Crippen molar-refractivity contribution in [2.75, 3.05) is 0 Å².